The summed E-state index contributed by atoms with van der Waals surface area (Å²) < 4.78 is 8.55. The van der Waals surface area contributed by atoms with Crippen LogP contribution in [0.2, 0.25) is 0 Å². The van der Waals surface area contributed by atoms with Crippen LogP contribution in [-0.4, -0.2) is 14.5 Å². The van der Waals surface area contributed by atoms with Crippen LogP contribution in [0.1, 0.15) is 0 Å². The van der Waals surface area contributed by atoms with Crippen molar-refractivity contribution in [3.05, 3.63) is 145 Å². The zero-order chi connectivity index (χ0) is 29.2. The van der Waals surface area contributed by atoms with E-state index < -0.39 is 0 Å². The first-order valence-electron chi connectivity index (χ1n) is 14.5. The van der Waals surface area contributed by atoms with Gasteiger partial charge in [0.2, 0.25) is 0 Å². The van der Waals surface area contributed by atoms with Crippen LogP contribution >= 0.6 is 0 Å². The minimum absolute atomic E-state index is 0.586. The number of fused-ring (bicyclic) bond motifs is 7. The highest BCUT2D eigenvalue weighted by Gasteiger charge is 2.17. The molecule has 0 aliphatic rings. The molecule has 9 aromatic rings. The molecule has 6 aromatic carbocycles. The van der Waals surface area contributed by atoms with Crippen LogP contribution in [0.15, 0.2) is 138 Å². The fraction of sp³-hybridized carbons (Fsp3) is 0. The number of benzene rings is 6. The molecule has 5 nitrogen and oxygen atoms in total. The minimum atomic E-state index is 0.586. The predicted octanol–water partition coefficient (Wildman–Crippen LogP) is 10.5. The van der Waals surface area contributed by atoms with E-state index >= 15 is 0 Å². The Morgan fingerprint density at radius 2 is 1.32 bits per heavy atom. The average Bonchev–Trinajstić information content (AvgIpc) is 3.61. The molecule has 0 aliphatic carbocycles. The second kappa shape index (κ2) is 9.38. The smallest absolute Gasteiger partial charge is 0.187 e. The normalized spacial score (nSPS) is 11.6. The summed E-state index contributed by atoms with van der Waals surface area (Å²) in [7, 11) is 0. The van der Waals surface area contributed by atoms with Crippen LogP contribution in [0.4, 0.5) is 5.69 Å². The topological polar surface area (TPSA) is 48.2 Å². The van der Waals surface area contributed by atoms with Crippen LogP contribution in [-0.2, 0) is 0 Å². The van der Waals surface area contributed by atoms with Gasteiger partial charge in [-0.1, -0.05) is 72.8 Å². The summed E-state index contributed by atoms with van der Waals surface area (Å²) in [6.07, 6.45) is 0. The summed E-state index contributed by atoms with van der Waals surface area (Å²) in [6, 6.07) is 45.2. The van der Waals surface area contributed by atoms with Gasteiger partial charge in [0.25, 0.3) is 0 Å². The van der Waals surface area contributed by atoms with Gasteiger partial charge in [-0.15, -0.1) is 0 Å². The molecule has 0 saturated heterocycles. The van der Waals surface area contributed by atoms with Crippen LogP contribution in [0.25, 0.3) is 87.8 Å². The first kappa shape index (κ1) is 24.4. The second-order valence-corrected chi connectivity index (χ2v) is 10.9. The Kier molecular flexibility index (Phi) is 5.19. The van der Waals surface area contributed by atoms with E-state index in [0.717, 1.165) is 71.8 Å². The molecule has 0 radical (unpaired) electrons. The number of furan rings is 1. The van der Waals surface area contributed by atoms with E-state index in [-0.39, 0.29) is 0 Å². The lowest BCUT2D eigenvalue weighted by atomic mass is 10.0. The van der Waals surface area contributed by atoms with E-state index in [2.05, 4.69) is 82.2 Å². The highest BCUT2D eigenvalue weighted by atomic mass is 16.3. The first-order valence-corrected chi connectivity index (χ1v) is 14.5. The predicted molar refractivity (Wildman–Crippen MR) is 178 cm³/mol. The van der Waals surface area contributed by atoms with E-state index in [9.17, 15) is 0 Å². The number of rotatable bonds is 3. The van der Waals surface area contributed by atoms with E-state index in [1.165, 1.54) is 5.39 Å². The van der Waals surface area contributed by atoms with Crippen LogP contribution in [0, 0.1) is 6.57 Å². The SMILES string of the molecule is [C-]#[N+]c1cccc(-c2nc(-c3ccc(-n4c5ccccc5c5cc6oc7ccccc7c6cc54)cc3)nc3ccccc23)c1. The van der Waals surface area contributed by atoms with Crippen molar-refractivity contribution in [2.24, 2.45) is 0 Å². The maximum absolute atomic E-state index is 7.48. The number of hydrogen-bond donors (Lipinski definition) is 0. The Balaban J connectivity index is 1.22. The van der Waals surface area contributed by atoms with E-state index in [0.29, 0.717) is 11.5 Å². The van der Waals surface area contributed by atoms with Gasteiger partial charge in [-0.3, -0.25) is 0 Å². The fourth-order valence-electron chi connectivity index (χ4n) is 6.37. The molecule has 0 saturated carbocycles. The summed E-state index contributed by atoms with van der Waals surface area (Å²) in [5, 5.41) is 5.51. The van der Waals surface area contributed by atoms with Crippen LogP contribution in [0.3, 0.4) is 0 Å². The second-order valence-electron chi connectivity index (χ2n) is 10.9. The highest BCUT2D eigenvalue weighted by molar-refractivity contribution is 6.17. The van der Waals surface area contributed by atoms with Crippen LogP contribution < -0.4 is 0 Å². The summed E-state index contributed by atoms with van der Waals surface area (Å²) in [4.78, 5) is 13.6. The Morgan fingerprint density at radius 1 is 0.545 bits per heavy atom. The van der Waals surface area contributed by atoms with Gasteiger partial charge in [0.1, 0.15) is 11.2 Å². The molecular formula is C39H22N4O. The summed E-state index contributed by atoms with van der Waals surface area (Å²) in [5.41, 5.74) is 9.19. The molecule has 0 aliphatic heterocycles. The molecule has 0 spiro atoms. The Morgan fingerprint density at radius 3 is 2.18 bits per heavy atom. The third-order valence-electron chi connectivity index (χ3n) is 8.41. The summed E-state index contributed by atoms with van der Waals surface area (Å²) in [6.45, 7) is 7.48. The van der Waals surface area contributed by atoms with E-state index in [1.54, 1.807) is 0 Å². The van der Waals surface area contributed by atoms with Gasteiger partial charge >= 0.3 is 0 Å². The lowest BCUT2D eigenvalue weighted by Crippen LogP contribution is -1.97. The molecule has 9 rings (SSSR count). The van der Waals surface area contributed by atoms with Crippen molar-refractivity contribution in [1.29, 1.82) is 0 Å². The maximum atomic E-state index is 7.48. The van der Waals surface area contributed by atoms with Gasteiger partial charge in [0.05, 0.1) is 28.8 Å². The molecule has 0 N–H and O–H groups in total. The molecule has 5 heteroatoms. The zero-order valence-electron chi connectivity index (χ0n) is 23.4. The van der Waals surface area contributed by atoms with Gasteiger partial charge in [-0.05, 0) is 66.2 Å². The highest BCUT2D eigenvalue weighted by Crippen LogP contribution is 2.38. The van der Waals surface area contributed by atoms with Gasteiger partial charge in [0.15, 0.2) is 11.5 Å². The van der Waals surface area contributed by atoms with Gasteiger partial charge in [-0.25, -0.2) is 14.8 Å². The van der Waals surface area contributed by atoms with E-state index in [4.69, 9.17) is 21.0 Å². The van der Waals surface area contributed by atoms with E-state index in [1.807, 2.05) is 60.7 Å². The number of para-hydroxylation sites is 3. The molecular weight excluding hydrogens is 540 g/mol. The third kappa shape index (κ3) is 3.65. The summed E-state index contributed by atoms with van der Waals surface area (Å²) >= 11 is 0. The molecule has 3 heterocycles. The molecule has 0 unspecified atom stereocenters. The lowest BCUT2D eigenvalue weighted by molar-refractivity contribution is 0.669. The lowest BCUT2D eigenvalue weighted by Gasteiger charge is -2.11. The molecule has 0 bridgehead atoms. The average molecular weight is 563 g/mol. The third-order valence-corrected chi connectivity index (χ3v) is 8.41. The summed E-state index contributed by atoms with van der Waals surface area (Å²) in [5.74, 6) is 0.646. The van der Waals surface area contributed by atoms with Crippen molar-refractivity contribution in [3.8, 4) is 28.3 Å². The van der Waals surface area contributed by atoms with Crippen LogP contribution in [0.5, 0.6) is 0 Å². The largest absolute Gasteiger partial charge is 0.456 e. The Bertz CT molecular complexity index is 2620. The van der Waals surface area contributed by atoms with Crippen molar-refractivity contribution < 1.29 is 4.42 Å². The maximum Gasteiger partial charge on any atom is 0.187 e. The Labute approximate surface area is 252 Å². The Hall–Kier alpha value is -6.25. The molecule has 0 fully saturated rings. The standard InChI is InChI=1S/C39H22N4O/c1-40-26-10-8-9-25(21-26)38-30-13-2-5-14-33(30)41-39(42-38)24-17-19-27(20-18-24)43-34-15-6-3-11-28(34)31-23-37-32(22-35(31)43)29-12-4-7-16-36(29)44-37/h2-23H. The van der Waals surface area contributed by atoms with Gasteiger partial charge < -0.3 is 8.98 Å². The number of hydrogen-bond acceptors (Lipinski definition) is 3. The molecule has 0 atom stereocenters. The number of nitrogens with zero attached hydrogens (tertiary/aromatic N) is 4. The quantitative estimate of drug-likeness (QED) is 0.201. The minimum Gasteiger partial charge on any atom is -0.456 e. The van der Waals surface area contributed by atoms with Crippen molar-refractivity contribution in [3.63, 3.8) is 0 Å². The molecule has 3 aromatic heterocycles. The van der Waals surface area contributed by atoms with Crippen molar-refractivity contribution in [2.45, 2.75) is 0 Å². The first-order chi connectivity index (χ1) is 21.7. The molecule has 204 valence electrons. The van der Waals surface area contributed by atoms with Crippen molar-refractivity contribution in [1.82, 2.24) is 14.5 Å². The number of aromatic nitrogens is 3. The van der Waals surface area contributed by atoms with Crippen molar-refractivity contribution >= 4 is 60.3 Å². The zero-order valence-corrected chi connectivity index (χ0v) is 23.4. The fourth-order valence-corrected chi connectivity index (χ4v) is 6.37. The monoisotopic (exact) mass is 562 g/mol. The molecule has 0 amide bonds. The van der Waals surface area contributed by atoms with Gasteiger partial charge in [-0.2, -0.15) is 0 Å². The van der Waals surface area contributed by atoms with Gasteiger partial charge in [0, 0.05) is 38.2 Å². The van der Waals surface area contributed by atoms with Crippen molar-refractivity contribution in [2.75, 3.05) is 0 Å². The molecule has 44 heavy (non-hydrogen) atoms.